The molecular formula is C14H13N5O. The van der Waals surface area contributed by atoms with Gasteiger partial charge in [-0.3, -0.25) is 14.5 Å². The van der Waals surface area contributed by atoms with Crippen LogP contribution in [-0.4, -0.2) is 20.7 Å². The van der Waals surface area contributed by atoms with E-state index in [0.717, 1.165) is 16.5 Å². The van der Waals surface area contributed by atoms with Crippen LogP contribution in [0.4, 0.5) is 11.5 Å². The average Bonchev–Trinajstić information content (AvgIpc) is 2.79. The van der Waals surface area contributed by atoms with Crippen molar-refractivity contribution in [3.8, 4) is 0 Å². The van der Waals surface area contributed by atoms with Crippen LogP contribution in [0.5, 0.6) is 0 Å². The first-order valence-corrected chi connectivity index (χ1v) is 6.08. The number of rotatable bonds is 2. The number of carbonyl (C=O) groups is 1. The summed E-state index contributed by atoms with van der Waals surface area (Å²) in [6.45, 7) is 0. The second-order valence-corrected chi connectivity index (χ2v) is 4.42. The molecule has 2 aromatic heterocycles. The number of anilines is 2. The van der Waals surface area contributed by atoms with Gasteiger partial charge in [-0.05, 0) is 12.1 Å². The fourth-order valence-corrected chi connectivity index (χ4v) is 2.04. The van der Waals surface area contributed by atoms with Gasteiger partial charge >= 0.3 is 0 Å². The quantitative estimate of drug-likeness (QED) is 0.741. The van der Waals surface area contributed by atoms with Crippen molar-refractivity contribution in [2.75, 3.05) is 11.1 Å². The van der Waals surface area contributed by atoms with E-state index in [1.165, 1.54) is 10.9 Å². The van der Waals surface area contributed by atoms with Gasteiger partial charge in [-0.1, -0.05) is 12.1 Å². The Labute approximate surface area is 115 Å². The number of nitrogen functional groups attached to an aromatic ring is 1. The van der Waals surface area contributed by atoms with Crippen LogP contribution < -0.4 is 11.1 Å². The molecule has 0 aliphatic heterocycles. The summed E-state index contributed by atoms with van der Waals surface area (Å²) >= 11 is 0. The molecule has 0 aliphatic rings. The zero-order valence-electron chi connectivity index (χ0n) is 10.9. The number of nitrogens with two attached hydrogens (primary N) is 1. The number of hydrogen-bond donors (Lipinski definition) is 2. The molecule has 0 atom stereocenters. The molecule has 0 fully saturated rings. The number of aryl methyl sites for hydroxylation is 1. The van der Waals surface area contributed by atoms with Gasteiger partial charge in [-0.15, -0.1) is 0 Å². The van der Waals surface area contributed by atoms with Crippen LogP contribution in [0.25, 0.3) is 10.8 Å². The number of amides is 1. The van der Waals surface area contributed by atoms with E-state index >= 15 is 0 Å². The first kappa shape index (κ1) is 12.2. The number of nitrogens with zero attached hydrogens (tertiary/aromatic N) is 3. The van der Waals surface area contributed by atoms with Crippen LogP contribution >= 0.6 is 0 Å². The van der Waals surface area contributed by atoms with Gasteiger partial charge in [0.05, 0.1) is 6.20 Å². The molecule has 3 N–H and O–H groups in total. The molecule has 0 spiro atoms. The molecule has 2 heterocycles. The van der Waals surface area contributed by atoms with Crippen molar-refractivity contribution in [1.82, 2.24) is 14.8 Å². The maximum atomic E-state index is 12.2. The summed E-state index contributed by atoms with van der Waals surface area (Å²) in [5.41, 5.74) is 6.88. The van der Waals surface area contributed by atoms with E-state index in [2.05, 4.69) is 15.4 Å². The number of hydrogen-bond acceptors (Lipinski definition) is 4. The number of fused-ring (bicyclic) bond motifs is 1. The highest BCUT2D eigenvalue weighted by Gasteiger charge is 2.14. The molecule has 3 aromatic rings. The summed E-state index contributed by atoms with van der Waals surface area (Å²) in [5.74, 6) is 0.0596. The molecule has 0 saturated carbocycles. The smallest absolute Gasteiger partial charge is 0.261 e. The van der Waals surface area contributed by atoms with Gasteiger partial charge in [0, 0.05) is 35.9 Å². The number of nitrogens with one attached hydrogen (secondary N) is 1. The molecule has 6 nitrogen and oxygen atoms in total. The highest BCUT2D eigenvalue weighted by Crippen LogP contribution is 2.23. The van der Waals surface area contributed by atoms with Gasteiger partial charge in [0.15, 0.2) is 0 Å². The lowest BCUT2D eigenvalue weighted by Crippen LogP contribution is -2.14. The van der Waals surface area contributed by atoms with Crippen molar-refractivity contribution in [2.45, 2.75) is 0 Å². The molecule has 6 heteroatoms. The lowest BCUT2D eigenvalue weighted by molar-refractivity contribution is 0.102. The largest absolute Gasteiger partial charge is 0.383 e. The fourth-order valence-electron chi connectivity index (χ4n) is 2.04. The first-order chi connectivity index (χ1) is 9.66. The van der Waals surface area contributed by atoms with Gasteiger partial charge < -0.3 is 11.1 Å². The van der Waals surface area contributed by atoms with E-state index in [-0.39, 0.29) is 5.91 Å². The predicted octanol–water partition coefficient (Wildman–Crippen LogP) is 1.80. The molecule has 0 saturated heterocycles. The van der Waals surface area contributed by atoms with Crippen molar-refractivity contribution in [1.29, 1.82) is 0 Å². The van der Waals surface area contributed by atoms with E-state index in [1.807, 2.05) is 24.3 Å². The third-order valence-corrected chi connectivity index (χ3v) is 3.16. The van der Waals surface area contributed by atoms with Crippen LogP contribution in [0.15, 0.2) is 42.9 Å². The van der Waals surface area contributed by atoms with Gasteiger partial charge in [0.2, 0.25) is 0 Å². The fraction of sp³-hybridized carbons (Fsp3) is 0.0714. The van der Waals surface area contributed by atoms with Gasteiger partial charge in [0.25, 0.3) is 5.91 Å². The Morgan fingerprint density at radius 1 is 1.30 bits per heavy atom. The molecule has 0 bridgehead atoms. The number of benzene rings is 1. The monoisotopic (exact) mass is 267 g/mol. The Kier molecular flexibility index (Phi) is 2.83. The van der Waals surface area contributed by atoms with Crippen LogP contribution in [0, 0.1) is 0 Å². The summed E-state index contributed by atoms with van der Waals surface area (Å²) in [6.07, 6.45) is 4.90. The van der Waals surface area contributed by atoms with Crippen molar-refractivity contribution in [3.05, 3.63) is 48.4 Å². The predicted molar refractivity (Wildman–Crippen MR) is 77.3 cm³/mol. The van der Waals surface area contributed by atoms with Crippen LogP contribution in [0.1, 0.15) is 10.4 Å². The van der Waals surface area contributed by atoms with Crippen LogP contribution in [0.2, 0.25) is 0 Å². The third-order valence-electron chi connectivity index (χ3n) is 3.16. The topological polar surface area (TPSA) is 85.8 Å². The molecule has 0 aliphatic carbocycles. The van der Waals surface area contributed by atoms with Crippen molar-refractivity contribution in [2.24, 2.45) is 7.05 Å². The SMILES string of the molecule is Cn1ncc(C(=O)Nc2cccc3cnccc23)c1N. The maximum absolute atomic E-state index is 12.2. The Morgan fingerprint density at radius 3 is 2.90 bits per heavy atom. The Balaban J connectivity index is 1.97. The normalized spacial score (nSPS) is 10.7. The van der Waals surface area contributed by atoms with E-state index in [4.69, 9.17) is 5.73 Å². The highest BCUT2D eigenvalue weighted by molar-refractivity contribution is 6.10. The second-order valence-electron chi connectivity index (χ2n) is 4.42. The zero-order chi connectivity index (χ0) is 14.1. The number of aromatic nitrogens is 3. The van der Waals surface area contributed by atoms with E-state index in [1.54, 1.807) is 19.4 Å². The highest BCUT2D eigenvalue weighted by atomic mass is 16.1. The molecule has 1 amide bonds. The Bertz CT molecular complexity index is 788. The van der Waals surface area contributed by atoms with E-state index in [0.29, 0.717) is 11.4 Å². The molecule has 100 valence electrons. The Hall–Kier alpha value is -2.89. The second kappa shape index (κ2) is 4.65. The van der Waals surface area contributed by atoms with Crippen molar-refractivity contribution < 1.29 is 4.79 Å². The molecule has 3 rings (SSSR count). The molecule has 1 aromatic carbocycles. The molecule has 0 radical (unpaired) electrons. The summed E-state index contributed by atoms with van der Waals surface area (Å²) in [4.78, 5) is 16.3. The zero-order valence-corrected chi connectivity index (χ0v) is 10.9. The van der Waals surface area contributed by atoms with Crippen molar-refractivity contribution >= 4 is 28.2 Å². The lowest BCUT2D eigenvalue weighted by atomic mass is 10.1. The van der Waals surface area contributed by atoms with Gasteiger partial charge in [-0.2, -0.15) is 5.10 Å². The molecular weight excluding hydrogens is 254 g/mol. The minimum atomic E-state index is -0.278. The molecule has 20 heavy (non-hydrogen) atoms. The van der Waals surface area contributed by atoms with E-state index < -0.39 is 0 Å². The first-order valence-electron chi connectivity index (χ1n) is 6.08. The Morgan fingerprint density at radius 2 is 2.15 bits per heavy atom. The standard InChI is InChI=1S/C14H13N5O/c1-19-13(15)11(8-17-19)14(20)18-12-4-2-3-9-7-16-6-5-10(9)12/h2-8H,15H2,1H3,(H,18,20). The number of carbonyl (C=O) groups excluding carboxylic acids is 1. The summed E-state index contributed by atoms with van der Waals surface area (Å²) in [7, 11) is 1.69. The average molecular weight is 267 g/mol. The number of pyridine rings is 1. The molecule has 0 unspecified atom stereocenters. The lowest BCUT2D eigenvalue weighted by Gasteiger charge is -2.08. The van der Waals surface area contributed by atoms with Crippen LogP contribution in [0.3, 0.4) is 0 Å². The minimum Gasteiger partial charge on any atom is -0.383 e. The summed E-state index contributed by atoms with van der Waals surface area (Å²) in [5, 5.41) is 8.71. The van der Waals surface area contributed by atoms with Crippen molar-refractivity contribution in [3.63, 3.8) is 0 Å². The van der Waals surface area contributed by atoms with Crippen LogP contribution in [-0.2, 0) is 7.05 Å². The van der Waals surface area contributed by atoms with E-state index in [9.17, 15) is 4.79 Å². The van der Waals surface area contributed by atoms with Gasteiger partial charge in [0.1, 0.15) is 11.4 Å². The minimum absolute atomic E-state index is 0.278. The maximum Gasteiger partial charge on any atom is 0.261 e. The summed E-state index contributed by atoms with van der Waals surface area (Å²) in [6, 6.07) is 7.51. The summed E-state index contributed by atoms with van der Waals surface area (Å²) < 4.78 is 1.46. The van der Waals surface area contributed by atoms with Gasteiger partial charge in [-0.25, -0.2) is 0 Å². The third kappa shape index (κ3) is 1.97.